The standard InChI is InChI=1S/C22H27N5O4S2/c1-15-8-9-18(16(2)12-15)23-19(28)14-26-22(29)27(20-7-5-11-32-20)21(24-26)17-6-4-10-25(13-17)33(3,30)31/h5,7-9,11-12,17H,4,6,10,13-14H2,1-3H3,(H,23,28). The molecule has 9 nitrogen and oxygen atoms in total. The molecule has 3 aromatic rings. The first-order chi connectivity index (χ1) is 15.6. The van der Waals surface area contributed by atoms with Gasteiger partial charge < -0.3 is 5.32 Å². The van der Waals surface area contributed by atoms with E-state index < -0.39 is 15.7 Å². The maximum Gasteiger partial charge on any atom is 0.351 e. The number of rotatable bonds is 6. The van der Waals surface area contributed by atoms with Gasteiger partial charge in [0.15, 0.2) is 0 Å². The summed E-state index contributed by atoms with van der Waals surface area (Å²) in [5.41, 5.74) is 2.30. The van der Waals surface area contributed by atoms with Crippen LogP contribution in [0.5, 0.6) is 0 Å². The van der Waals surface area contributed by atoms with Crippen molar-refractivity contribution in [2.24, 2.45) is 0 Å². The summed E-state index contributed by atoms with van der Waals surface area (Å²) in [6.45, 7) is 4.37. The lowest BCUT2D eigenvalue weighted by Gasteiger charge is -2.30. The van der Waals surface area contributed by atoms with Crippen molar-refractivity contribution < 1.29 is 13.2 Å². The number of aryl methyl sites for hydroxylation is 2. The average Bonchev–Trinajstić information content (AvgIpc) is 3.38. The Morgan fingerprint density at radius 2 is 2.06 bits per heavy atom. The number of nitrogens with zero attached hydrogens (tertiary/aromatic N) is 4. The van der Waals surface area contributed by atoms with Crippen LogP contribution in [0, 0.1) is 13.8 Å². The van der Waals surface area contributed by atoms with Crippen molar-refractivity contribution in [1.29, 1.82) is 0 Å². The molecule has 2 aromatic heterocycles. The second kappa shape index (κ2) is 9.24. The number of nitrogens with one attached hydrogen (secondary N) is 1. The van der Waals surface area contributed by atoms with Crippen LogP contribution in [0.25, 0.3) is 5.00 Å². The van der Waals surface area contributed by atoms with Crippen LogP contribution in [-0.4, -0.2) is 52.3 Å². The molecule has 0 aliphatic carbocycles. The van der Waals surface area contributed by atoms with E-state index in [1.54, 1.807) is 0 Å². The Balaban J connectivity index is 1.64. The summed E-state index contributed by atoms with van der Waals surface area (Å²) in [6.07, 6.45) is 2.58. The summed E-state index contributed by atoms with van der Waals surface area (Å²) in [4.78, 5) is 26.0. The molecule has 1 fully saturated rings. The van der Waals surface area contributed by atoms with Gasteiger partial charge in [0.25, 0.3) is 0 Å². The summed E-state index contributed by atoms with van der Waals surface area (Å²) in [5, 5.41) is 9.91. The zero-order valence-electron chi connectivity index (χ0n) is 18.8. The van der Waals surface area contributed by atoms with Crippen molar-refractivity contribution in [3.63, 3.8) is 0 Å². The first-order valence-corrected chi connectivity index (χ1v) is 13.4. The first-order valence-electron chi connectivity index (χ1n) is 10.7. The lowest BCUT2D eigenvalue weighted by atomic mass is 9.99. The molecule has 33 heavy (non-hydrogen) atoms. The molecule has 1 N–H and O–H groups in total. The van der Waals surface area contributed by atoms with Crippen LogP contribution in [-0.2, 0) is 21.4 Å². The highest BCUT2D eigenvalue weighted by atomic mass is 32.2. The molecule has 1 aliphatic heterocycles. The second-order valence-corrected chi connectivity index (χ2v) is 11.3. The SMILES string of the molecule is Cc1ccc(NC(=O)Cn2nc(C3CCCN(S(C)(=O)=O)C3)n(-c3cccs3)c2=O)c(C)c1. The van der Waals surface area contributed by atoms with E-state index in [-0.39, 0.29) is 24.9 Å². The molecule has 11 heteroatoms. The van der Waals surface area contributed by atoms with Gasteiger partial charge in [0.2, 0.25) is 15.9 Å². The van der Waals surface area contributed by atoms with E-state index in [0.717, 1.165) is 15.8 Å². The normalized spacial score (nSPS) is 17.2. The number of sulfonamides is 1. The van der Waals surface area contributed by atoms with Crippen molar-refractivity contribution in [2.45, 2.75) is 39.2 Å². The number of hydrogen-bond acceptors (Lipinski definition) is 6. The van der Waals surface area contributed by atoms with Crippen LogP contribution >= 0.6 is 11.3 Å². The van der Waals surface area contributed by atoms with E-state index >= 15 is 0 Å². The van der Waals surface area contributed by atoms with Crippen LogP contribution in [0.1, 0.15) is 35.7 Å². The lowest BCUT2D eigenvalue weighted by molar-refractivity contribution is -0.117. The quantitative estimate of drug-likeness (QED) is 0.573. The smallest absolute Gasteiger partial charge is 0.324 e. The van der Waals surface area contributed by atoms with Gasteiger partial charge in [0.05, 0.1) is 6.26 Å². The van der Waals surface area contributed by atoms with Gasteiger partial charge in [-0.25, -0.2) is 26.8 Å². The predicted octanol–water partition coefficient (Wildman–Crippen LogP) is 2.49. The van der Waals surface area contributed by atoms with Gasteiger partial charge in [-0.1, -0.05) is 17.7 Å². The van der Waals surface area contributed by atoms with Crippen LogP contribution < -0.4 is 11.0 Å². The van der Waals surface area contributed by atoms with E-state index in [9.17, 15) is 18.0 Å². The molecular formula is C22H27N5O4S2. The Bertz CT molecular complexity index is 1330. The molecule has 1 saturated heterocycles. The van der Waals surface area contributed by atoms with Gasteiger partial charge >= 0.3 is 5.69 Å². The zero-order chi connectivity index (χ0) is 23.8. The molecule has 0 spiro atoms. The lowest BCUT2D eigenvalue weighted by Crippen LogP contribution is -2.39. The second-order valence-electron chi connectivity index (χ2n) is 8.41. The molecule has 1 aliphatic rings. The Hall–Kier alpha value is -2.76. The fraction of sp³-hybridized carbons (Fsp3) is 0.409. The number of aromatic nitrogens is 3. The average molecular weight is 490 g/mol. The third-order valence-corrected chi connectivity index (χ3v) is 7.88. The highest BCUT2D eigenvalue weighted by Crippen LogP contribution is 2.28. The van der Waals surface area contributed by atoms with Crippen molar-refractivity contribution in [2.75, 3.05) is 24.7 Å². The fourth-order valence-corrected chi connectivity index (χ4v) is 5.77. The molecule has 1 aromatic carbocycles. The Morgan fingerprint density at radius 1 is 1.27 bits per heavy atom. The maximum absolute atomic E-state index is 13.3. The monoisotopic (exact) mass is 489 g/mol. The van der Waals surface area contributed by atoms with Crippen LogP contribution in [0.4, 0.5) is 5.69 Å². The minimum Gasteiger partial charge on any atom is -0.324 e. The summed E-state index contributed by atoms with van der Waals surface area (Å²) in [6, 6.07) is 9.37. The molecular weight excluding hydrogens is 462 g/mol. The van der Waals surface area contributed by atoms with Crippen molar-refractivity contribution >= 4 is 33.0 Å². The van der Waals surface area contributed by atoms with Gasteiger partial charge in [0, 0.05) is 24.7 Å². The van der Waals surface area contributed by atoms with Gasteiger partial charge in [-0.2, -0.15) is 5.10 Å². The maximum atomic E-state index is 13.3. The third kappa shape index (κ3) is 5.10. The minimum atomic E-state index is -3.35. The number of anilines is 1. The zero-order valence-corrected chi connectivity index (χ0v) is 20.4. The van der Waals surface area contributed by atoms with E-state index in [1.807, 2.05) is 49.6 Å². The Kier molecular flexibility index (Phi) is 6.55. The predicted molar refractivity (Wildman–Crippen MR) is 129 cm³/mol. The van der Waals surface area contributed by atoms with Crippen molar-refractivity contribution in [1.82, 2.24) is 18.7 Å². The first kappa shape index (κ1) is 23.4. The van der Waals surface area contributed by atoms with Gasteiger partial charge in [-0.05, 0) is 55.8 Å². The number of carbonyl (C=O) groups is 1. The molecule has 1 amide bonds. The molecule has 176 valence electrons. The Morgan fingerprint density at radius 3 is 2.73 bits per heavy atom. The van der Waals surface area contributed by atoms with Crippen LogP contribution in [0.2, 0.25) is 0 Å². The molecule has 3 heterocycles. The summed E-state index contributed by atoms with van der Waals surface area (Å²) in [7, 11) is -3.35. The largest absolute Gasteiger partial charge is 0.351 e. The van der Waals surface area contributed by atoms with E-state index in [1.165, 1.54) is 26.5 Å². The summed E-state index contributed by atoms with van der Waals surface area (Å²) in [5.74, 6) is -0.116. The van der Waals surface area contributed by atoms with Crippen molar-refractivity contribution in [3.8, 4) is 5.00 Å². The topological polar surface area (TPSA) is 106 Å². The summed E-state index contributed by atoms with van der Waals surface area (Å²) < 4.78 is 28.3. The number of piperidine rings is 1. The molecule has 0 saturated carbocycles. The Labute approximate surface area is 196 Å². The van der Waals surface area contributed by atoms with Gasteiger partial charge in [0.1, 0.15) is 17.4 Å². The molecule has 0 radical (unpaired) electrons. The molecule has 0 bridgehead atoms. The third-order valence-electron chi connectivity index (χ3n) is 5.76. The highest BCUT2D eigenvalue weighted by Gasteiger charge is 2.32. The summed E-state index contributed by atoms with van der Waals surface area (Å²) >= 11 is 1.39. The van der Waals surface area contributed by atoms with Gasteiger partial charge in [-0.15, -0.1) is 11.3 Å². The number of benzene rings is 1. The minimum absolute atomic E-state index is 0.236. The fourth-order valence-electron chi connectivity index (χ4n) is 4.13. The molecule has 1 atom stereocenters. The number of amides is 1. The highest BCUT2D eigenvalue weighted by molar-refractivity contribution is 7.88. The molecule has 1 unspecified atom stereocenters. The van der Waals surface area contributed by atoms with E-state index in [2.05, 4.69) is 10.4 Å². The van der Waals surface area contributed by atoms with E-state index in [4.69, 9.17) is 0 Å². The van der Waals surface area contributed by atoms with Crippen LogP contribution in [0.15, 0.2) is 40.5 Å². The number of hydrogen-bond donors (Lipinski definition) is 1. The van der Waals surface area contributed by atoms with Gasteiger partial charge in [-0.3, -0.25) is 4.79 Å². The number of thiophene rings is 1. The van der Waals surface area contributed by atoms with Crippen LogP contribution in [0.3, 0.4) is 0 Å². The molecule has 4 rings (SSSR count). The number of carbonyl (C=O) groups excluding carboxylic acids is 1. The van der Waals surface area contributed by atoms with Crippen molar-refractivity contribution in [3.05, 3.63) is 63.1 Å². The van der Waals surface area contributed by atoms with E-state index in [0.29, 0.717) is 35.9 Å².